The summed E-state index contributed by atoms with van der Waals surface area (Å²) in [6.45, 7) is 2.29. The number of nitrogens with one attached hydrogen (secondary N) is 1. The number of hydrogen-bond acceptors (Lipinski definition) is 3. The number of aryl methyl sites for hydroxylation is 1. The molecule has 0 atom stereocenters. The molecular formula is C19H22FN3O3S. The van der Waals surface area contributed by atoms with Crippen molar-refractivity contribution in [3.05, 3.63) is 65.5 Å². The Morgan fingerprint density at radius 2 is 1.81 bits per heavy atom. The maximum atomic E-state index is 13.6. The summed E-state index contributed by atoms with van der Waals surface area (Å²) in [5, 5.41) is 2.56. The predicted octanol–water partition coefficient (Wildman–Crippen LogP) is 2.53. The van der Waals surface area contributed by atoms with E-state index < -0.39 is 21.9 Å². The van der Waals surface area contributed by atoms with Gasteiger partial charge >= 0.3 is 0 Å². The minimum Gasteiger partial charge on any atom is -0.325 e. The summed E-state index contributed by atoms with van der Waals surface area (Å²) in [5.41, 5.74) is 1.67. The zero-order valence-corrected chi connectivity index (χ0v) is 15.9. The van der Waals surface area contributed by atoms with Crippen LogP contribution >= 0.6 is 0 Å². The van der Waals surface area contributed by atoms with Crippen LogP contribution in [0.4, 0.5) is 10.1 Å². The molecule has 2 aromatic carbocycles. The Bertz CT molecular complexity index is 919. The van der Waals surface area contributed by atoms with Gasteiger partial charge in [0.2, 0.25) is 5.91 Å². The number of amides is 1. The topological polar surface area (TPSA) is 69.7 Å². The van der Waals surface area contributed by atoms with Gasteiger partial charge < -0.3 is 5.32 Å². The van der Waals surface area contributed by atoms with Gasteiger partial charge in [0, 0.05) is 25.3 Å². The molecule has 3 rings (SSSR count). The number of anilines is 1. The zero-order valence-electron chi connectivity index (χ0n) is 15.1. The Hall–Kier alpha value is -2.29. The molecule has 1 amide bonds. The summed E-state index contributed by atoms with van der Waals surface area (Å²) < 4.78 is 41.8. The van der Waals surface area contributed by atoms with Crippen molar-refractivity contribution in [2.45, 2.75) is 19.9 Å². The summed E-state index contributed by atoms with van der Waals surface area (Å²) >= 11 is 0. The smallest absolute Gasteiger partial charge is 0.282 e. The lowest BCUT2D eigenvalue weighted by molar-refractivity contribution is -0.116. The highest BCUT2D eigenvalue weighted by molar-refractivity contribution is 7.86. The second-order valence-corrected chi connectivity index (χ2v) is 8.45. The SMILES string of the molecule is Cc1ccc(NC(=O)CN2CCCN(Cc3ccccc3)S2(=O)=O)cc1F. The molecule has 0 saturated carbocycles. The highest BCUT2D eigenvalue weighted by atomic mass is 32.2. The molecule has 2 aromatic rings. The van der Waals surface area contributed by atoms with Gasteiger partial charge in [0.25, 0.3) is 10.2 Å². The second-order valence-electron chi connectivity index (χ2n) is 6.53. The van der Waals surface area contributed by atoms with E-state index in [1.54, 1.807) is 19.1 Å². The fourth-order valence-electron chi connectivity index (χ4n) is 2.96. The monoisotopic (exact) mass is 391 g/mol. The van der Waals surface area contributed by atoms with E-state index in [1.807, 2.05) is 30.3 Å². The van der Waals surface area contributed by atoms with Gasteiger partial charge in [-0.05, 0) is 36.6 Å². The lowest BCUT2D eigenvalue weighted by Crippen LogP contribution is -2.51. The summed E-state index contributed by atoms with van der Waals surface area (Å²) in [7, 11) is -3.73. The molecule has 0 aliphatic carbocycles. The van der Waals surface area contributed by atoms with Crippen molar-refractivity contribution in [2.75, 3.05) is 25.0 Å². The number of carbonyl (C=O) groups is 1. The van der Waals surface area contributed by atoms with E-state index >= 15 is 0 Å². The zero-order chi connectivity index (χ0) is 19.4. The highest BCUT2D eigenvalue weighted by Crippen LogP contribution is 2.20. The van der Waals surface area contributed by atoms with Gasteiger partial charge in [-0.3, -0.25) is 4.79 Å². The number of benzene rings is 2. The van der Waals surface area contributed by atoms with Crippen LogP contribution in [0.1, 0.15) is 17.5 Å². The Kier molecular flexibility index (Phi) is 5.88. The number of rotatable bonds is 5. The molecule has 144 valence electrons. The third kappa shape index (κ3) is 4.71. The molecular weight excluding hydrogens is 369 g/mol. The van der Waals surface area contributed by atoms with Crippen LogP contribution in [-0.4, -0.2) is 42.6 Å². The van der Waals surface area contributed by atoms with Crippen LogP contribution in [0.5, 0.6) is 0 Å². The fraction of sp³-hybridized carbons (Fsp3) is 0.316. The van der Waals surface area contributed by atoms with Crippen molar-refractivity contribution in [1.29, 1.82) is 0 Å². The van der Waals surface area contributed by atoms with Crippen LogP contribution in [0, 0.1) is 12.7 Å². The molecule has 0 spiro atoms. The van der Waals surface area contributed by atoms with Crippen molar-refractivity contribution < 1.29 is 17.6 Å². The third-order valence-corrected chi connectivity index (χ3v) is 6.37. The fourth-order valence-corrected chi connectivity index (χ4v) is 4.60. The number of hydrogen-bond donors (Lipinski definition) is 1. The van der Waals surface area contributed by atoms with Crippen LogP contribution in [0.15, 0.2) is 48.5 Å². The maximum absolute atomic E-state index is 13.6. The Balaban J connectivity index is 1.66. The molecule has 1 aliphatic rings. The summed E-state index contributed by atoms with van der Waals surface area (Å²) in [5.74, 6) is -0.921. The van der Waals surface area contributed by atoms with Crippen LogP contribution < -0.4 is 5.32 Å². The Labute approximate surface area is 158 Å². The van der Waals surface area contributed by atoms with Crippen molar-refractivity contribution in [2.24, 2.45) is 0 Å². The average Bonchev–Trinajstić information content (AvgIpc) is 2.63. The van der Waals surface area contributed by atoms with E-state index in [-0.39, 0.29) is 19.6 Å². The van der Waals surface area contributed by atoms with E-state index in [4.69, 9.17) is 0 Å². The minimum absolute atomic E-state index is 0.268. The van der Waals surface area contributed by atoms with Gasteiger partial charge in [0.15, 0.2) is 0 Å². The van der Waals surface area contributed by atoms with Gasteiger partial charge in [0.05, 0.1) is 6.54 Å². The molecule has 8 heteroatoms. The molecule has 1 heterocycles. The van der Waals surface area contributed by atoms with E-state index in [0.717, 1.165) is 5.56 Å². The quantitative estimate of drug-likeness (QED) is 0.852. The summed E-state index contributed by atoms with van der Waals surface area (Å²) in [6.07, 6.45) is 0.637. The van der Waals surface area contributed by atoms with Gasteiger partial charge in [0.1, 0.15) is 5.82 Å². The largest absolute Gasteiger partial charge is 0.325 e. The molecule has 0 radical (unpaired) electrons. The first-order valence-corrected chi connectivity index (χ1v) is 10.1. The average molecular weight is 391 g/mol. The Morgan fingerprint density at radius 3 is 2.52 bits per heavy atom. The van der Waals surface area contributed by atoms with Crippen LogP contribution in [0.3, 0.4) is 0 Å². The predicted molar refractivity (Wildman–Crippen MR) is 102 cm³/mol. The lowest BCUT2D eigenvalue weighted by Gasteiger charge is -2.34. The highest BCUT2D eigenvalue weighted by Gasteiger charge is 2.34. The van der Waals surface area contributed by atoms with Crippen molar-refractivity contribution >= 4 is 21.8 Å². The van der Waals surface area contributed by atoms with Crippen LogP contribution in [0.25, 0.3) is 0 Å². The molecule has 1 saturated heterocycles. The molecule has 6 nitrogen and oxygen atoms in total. The van der Waals surface area contributed by atoms with E-state index in [9.17, 15) is 17.6 Å². The van der Waals surface area contributed by atoms with Crippen LogP contribution in [-0.2, 0) is 21.5 Å². The molecule has 0 unspecified atom stereocenters. The molecule has 0 aromatic heterocycles. The lowest BCUT2D eigenvalue weighted by atomic mass is 10.2. The molecule has 27 heavy (non-hydrogen) atoms. The molecule has 1 fully saturated rings. The van der Waals surface area contributed by atoms with Gasteiger partial charge in [-0.2, -0.15) is 17.0 Å². The molecule has 0 bridgehead atoms. The van der Waals surface area contributed by atoms with Crippen LogP contribution in [0.2, 0.25) is 0 Å². The first-order chi connectivity index (χ1) is 12.9. The first kappa shape index (κ1) is 19.5. The molecule has 1 aliphatic heterocycles. The normalized spacial score (nSPS) is 17.6. The molecule has 1 N–H and O–H groups in total. The third-order valence-electron chi connectivity index (χ3n) is 4.44. The van der Waals surface area contributed by atoms with Crippen molar-refractivity contribution in [3.8, 4) is 0 Å². The first-order valence-electron chi connectivity index (χ1n) is 8.71. The maximum Gasteiger partial charge on any atom is 0.282 e. The summed E-state index contributed by atoms with van der Waals surface area (Å²) in [6, 6.07) is 13.7. The Morgan fingerprint density at radius 1 is 1.11 bits per heavy atom. The van der Waals surface area contributed by atoms with E-state index in [0.29, 0.717) is 24.2 Å². The number of halogens is 1. The van der Waals surface area contributed by atoms with Gasteiger partial charge in [-0.1, -0.05) is 36.4 Å². The van der Waals surface area contributed by atoms with E-state index in [2.05, 4.69) is 5.32 Å². The van der Waals surface area contributed by atoms with Crippen molar-refractivity contribution in [1.82, 2.24) is 8.61 Å². The number of nitrogens with zero attached hydrogens (tertiary/aromatic N) is 2. The van der Waals surface area contributed by atoms with Gasteiger partial charge in [-0.25, -0.2) is 4.39 Å². The summed E-state index contributed by atoms with van der Waals surface area (Å²) in [4.78, 5) is 12.3. The van der Waals surface area contributed by atoms with Gasteiger partial charge in [-0.15, -0.1) is 0 Å². The minimum atomic E-state index is -3.73. The standard InChI is InChI=1S/C19H22FN3O3S/c1-15-8-9-17(12-18(15)20)21-19(24)14-23-11-5-10-22(27(23,25)26)13-16-6-3-2-4-7-16/h2-4,6-9,12H,5,10-11,13-14H2,1H3,(H,21,24). The second kappa shape index (κ2) is 8.16. The van der Waals surface area contributed by atoms with E-state index in [1.165, 1.54) is 14.7 Å². The number of carbonyl (C=O) groups excluding carboxylic acids is 1. The van der Waals surface area contributed by atoms with Crippen molar-refractivity contribution in [3.63, 3.8) is 0 Å².